The molecule has 1 unspecified atom stereocenters. The van der Waals surface area contributed by atoms with E-state index < -0.39 is 0 Å². The summed E-state index contributed by atoms with van der Waals surface area (Å²) in [4.78, 5) is 2.39. The van der Waals surface area contributed by atoms with Crippen LogP contribution in [-0.2, 0) is 4.74 Å². The largest absolute Gasteiger partial charge is 0.380 e. The molecule has 0 bridgehead atoms. The van der Waals surface area contributed by atoms with Gasteiger partial charge in [0.05, 0.1) is 6.61 Å². The lowest BCUT2D eigenvalue weighted by Gasteiger charge is -2.28. The highest BCUT2D eigenvalue weighted by Gasteiger charge is 2.13. The molecule has 0 saturated heterocycles. The van der Waals surface area contributed by atoms with Gasteiger partial charge in [-0.05, 0) is 38.9 Å². The molecule has 3 heteroatoms. The van der Waals surface area contributed by atoms with Gasteiger partial charge in [0.15, 0.2) is 0 Å². The molecule has 0 heterocycles. The maximum absolute atomic E-state index is 5.48. The highest BCUT2D eigenvalue weighted by molar-refractivity contribution is 5.54. The van der Waals surface area contributed by atoms with E-state index in [-0.39, 0.29) is 0 Å². The molecular formula is C16H28N2O. The molecule has 0 spiro atoms. The Kier molecular flexibility index (Phi) is 7.53. The van der Waals surface area contributed by atoms with Crippen LogP contribution in [0.3, 0.4) is 0 Å². The van der Waals surface area contributed by atoms with Crippen LogP contribution in [0.15, 0.2) is 24.3 Å². The standard InChI is InChI=1S/C16H28N2O/c1-5-17-14(4)15-10-8-9-11-16(15)18(6-2)12-13-19-7-3/h8-11,14,17H,5-7,12-13H2,1-4H3. The molecule has 1 rings (SSSR count). The third-order valence-corrected chi connectivity index (χ3v) is 3.35. The minimum absolute atomic E-state index is 0.377. The molecule has 0 aromatic heterocycles. The summed E-state index contributed by atoms with van der Waals surface area (Å²) in [6.45, 7) is 13.1. The number of ether oxygens (including phenoxy) is 1. The summed E-state index contributed by atoms with van der Waals surface area (Å²) >= 11 is 0. The van der Waals surface area contributed by atoms with Gasteiger partial charge in [0.2, 0.25) is 0 Å². The van der Waals surface area contributed by atoms with Crippen LogP contribution >= 0.6 is 0 Å². The van der Waals surface area contributed by atoms with Gasteiger partial charge in [0.1, 0.15) is 0 Å². The number of para-hydroxylation sites is 1. The number of hydrogen-bond donors (Lipinski definition) is 1. The van der Waals surface area contributed by atoms with E-state index in [0.29, 0.717) is 6.04 Å². The van der Waals surface area contributed by atoms with Gasteiger partial charge >= 0.3 is 0 Å². The Morgan fingerprint density at radius 2 is 1.95 bits per heavy atom. The Morgan fingerprint density at radius 1 is 1.21 bits per heavy atom. The molecule has 19 heavy (non-hydrogen) atoms. The third kappa shape index (κ3) is 4.84. The topological polar surface area (TPSA) is 24.5 Å². The Hall–Kier alpha value is -1.06. The summed E-state index contributed by atoms with van der Waals surface area (Å²) < 4.78 is 5.48. The van der Waals surface area contributed by atoms with Gasteiger partial charge < -0.3 is 15.0 Å². The summed E-state index contributed by atoms with van der Waals surface area (Å²) in [6, 6.07) is 9.02. The zero-order valence-electron chi connectivity index (χ0n) is 12.8. The summed E-state index contributed by atoms with van der Waals surface area (Å²) in [5.74, 6) is 0. The van der Waals surface area contributed by atoms with Crippen molar-refractivity contribution in [2.45, 2.75) is 33.7 Å². The van der Waals surface area contributed by atoms with Crippen LogP contribution in [0.5, 0.6) is 0 Å². The molecule has 0 fully saturated rings. The monoisotopic (exact) mass is 264 g/mol. The van der Waals surface area contributed by atoms with Gasteiger partial charge in [-0.1, -0.05) is 25.1 Å². The number of rotatable bonds is 9. The van der Waals surface area contributed by atoms with Crippen molar-refractivity contribution in [1.82, 2.24) is 5.32 Å². The predicted octanol–water partition coefficient (Wildman–Crippen LogP) is 3.22. The summed E-state index contributed by atoms with van der Waals surface area (Å²) in [5, 5.41) is 3.49. The van der Waals surface area contributed by atoms with Gasteiger partial charge in [-0.25, -0.2) is 0 Å². The first kappa shape index (κ1) is 16.0. The van der Waals surface area contributed by atoms with E-state index in [2.05, 4.69) is 55.3 Å². The van der Waals surface area contributed by atoms with Crippen LogP contribution in [0.25, 0.3) is 0 Å². The van der Waals surface area contributed by atoms with Crippen LogP contribution in [-0.4, -0.2) is 32.8 Å². The van der Waals surface area contributed by atoms with Gasteiger partial charge in [-0.3, -0.25) is 0 Å². The molecule has 3 nitrogen and oxygen atoms in total. The second kappa shape index (κ2) is 8.94. The van der Waals surface area contributed by atoms with Crippen molar-refractivity contribution in [3.63, 3.8) is 0 Å². The first-order valence-corrected chi connectivity index (χ1v) is 7.39. The molecule has 0 saturated carbocycles. The lowest BCUT2D eigenvalue weighted by molar-refractivity contribution is 0.154. The molecule has 0 radical (unpaired) electrons. The third-order valence-electron chi connectivity index (χ3n) is 3.35. The van der Waals surface area contributed by atoms with Crippen molar-refractivity contribution in [1.29, 1.82) is 0 Å². The van der Waals surface area contributed by atoms with E-state index in [9.17, 15) is 0 Å². The molecule has 0 aliphatic rings. The van der Waals surface area contributed by atoms with Crippen molar-refractivity contribution in [3.05, 3.63) is 29.8 Å². The van der Waals surface area contributed by atoms with Crippen molar-refractivity contribution in [2.24, 2.45) is 0 Å². The number of nitrogens with zero attached hydrogens (tertiary/aromatic N) is 1. The maximum Gasteiger partial charge on any atom is 0.0641 e. The SMILES string of the molecule is CCNC(C)c1ccccc1N(CC)CCOCC. The fourth-order valence-corrected chi connectivity index (χ4v) is 2.33. The van der Waals surface area contributed by atoms with Crippen molar-refractivity contribution < 1.29 is 4.74 Å². The minimum atomic E-state index is 0.377. The van der Waals surface area contributed by atoms with E-state index in [0.717, 1.165) is 32.8 Å². The van der Waals surface area contributed by atoms with Crippen molar-refractivity contribution in [2.75, 3.05) is 37.7 Å². The zero-order chi connectivity index (χ0) is 14.1. The van der Waals surface area contributed by atoms with E-state index in [4.69, 9.17) is 4.74 Å². The first-order valence-electron chi connectivity index (χ1n) is 7.39. The first-order chi connectivity index (χ1) is 9.24. The van der Waals surface area contributed by atoms with Crippen LogP contribution in [0.2, 0.25) is 0 Å². The fourth-order valence-electron chi connectivity index (χ4n) is 2.33. The average Bonchev–Trinajstić information content (AvgIpc) is 2.44. The highest BCUT2D eigenvalue weighted by atomic mass is 16.5. The van der Waals surface area contributed by atoms with E-state index in [1.807, 2.05) is 6.92 Å². The van der Waals surface area contributed by atoms with E-state index >= 15 is 0 Å². The predicted molar refractivity (Wildman–Crippen MR) is 82.9 cm³/mol. The molecule has 0 aliphatic heterocycles. The smallest absolute Gasteiger partial charge is 0.0641 e. The van der Waals surface area contributed by atoms with E-state index in [1.54, 1.807) is 0 Å². The van der Waals surface area contributed by atoms with Crippen molar-refractivity contribution in [3.8, 4) is 0 Å². The molecule has 1 aromatic rings. The van der Waals surface area contributed by atoms with Crippen LogP contribution < -0.4 is 10.2 Å². The lowest BCUT2D eigenvalue weighted by atomic mass is 10.0. The van der Waals surface area contributed by atoms with Crippen LogP contribution in [0, 0.1) is 0 Å². The highest BCUT2D eigenvalue weighted by Crippen LogP contribution is 2.26. The molecule has 1 aromatic carbocycles. The summed E-state index contributed by atoms with van der Waals surface area (Å²) in [7, 11) is 0. The van der Waals surface area contributed by atoms with Crippen LogP contribution in [0.4, 0.5) is 5.69 Å². The molecule has 1 atom stereocenters. The number of hydrogen-bond acceptors (Lipinski definition) is 3. The molecule has 0 aliphatic carbocycles. The Balaban J connectivity index is 2.83. The molecule has 1 N–H and O–H groups in total. The maximum atomic E-state index is 5.48. The van der Waals surface area contributed by atoms with Crippen molar-refractivity contribution >= 4 is 5.69 Å². The lowest BCUT2D eigenvalue weighted by Crippen LogP contribution is -2.29. The van der Waals surface area contributed by atoms with Gasteiger partial charge in [-0.2, -0.15) is 0 Å². The Morgan fingerprint density at radius 3 is 2.58 bits per heavy atom. The van der Waals surface area contributed by atoms with Gasteiger partial charge in [-0.15, -0.1) is 0 Å². The number of benzene rings is 1. The van der Waals surface area contributed by atoms with Gasteiger partial charge in [0, 0.05) is 31.4 Å². The normalized spacial score (nSPS) is 12.4. The quantitative estimate of drug-likeness (QED) is 0.693. The van der Waals surface area contributed by atoms with E-state index in [1.165, 1.54) is 11.3 Å². The Labute approximate surface area is 118 Å². The second-order valence-electron chi connectivity index (χ2n) is 4.61. The second-order valence-corrected chi connectivity index (χ2v) is 4.61. The van der Waals surface area contributed by atoms with Crippen LogP contribution in [0.1, 0.15) is 39.3 Å². The summed E-state index contributed by atoms with van der Waals surface area (Å²) in [5.41, 5.74) is 2.68. The summed E-state index contributed by atoms with van der Waals surface area (Å²) in [6.07, 6.45) is 0. The number of likely N-dealkylation sites (N-methyl/N-ethyl adjacent to an activating group) is 1. The Bertz CT molecular complexity index is 354. The van der Waals surface area contributed by atoms with Gasteiger partial charge in [0.25, 0.3) is 0 Å². The molecular weight excluding hydrogens is 236 g/mol. The number of anilines is 1. The zero-order valence-corrected chi connectivity index (χ0v) is 12.8. The minimum Gasteiger partial charge on any atom is -0.380 e. The fraction of sp³-hybridized carbons (Fsp3) is 0.625. The molecule has 0 amide bonds. The average molecular weight is 264 g/mol. The molecule has 108 valence electrons. The number of nitrogens with one attached hydrogen (secondary N) is 1.